The number of methoxy groups -OCH3 is 1. The third kappa shape index (κ3) is 7.18. The van der Waals surface area contributed by atoms with Gasteiger partial charge in [0.1, 0.15) is 11.9 Å². The van der Waals surface area contributed by atoms with Crippen LogP contribution >= 0.6 is 11.6 Å². The van der Waals surface area contributed by atoms with Crippen molar-refractivity contribution in [2.24, 2.45) is 4.99 Å². The molecule has 2 amide bonds. The highest BCUT2D eigenvalue weighted by Crippen LogP contribution is 2.36. The highest BCUT2D eigenvalue weighted by atomic mass is 35.5. The van der Waals surface area contributed by atoms with Crippen molar-refractivity contribution >= 4 is 47.4 Å². The number of nitrogens with one attached hydrogen (secondary N) is 4. The topological polar surface area (TPSA) is 148 Å². The zero-order valence-corrected chi connectivity index (χ0v) is 24.6. The first-order valence-corrected chi connectivity index (χ1v) is 14.4. The van der Waals surface area contributed by atoms with Crippen LogP contribution in [-0.4, -0.2) is 73.3 Å². The van der Waals surface area contributed by atoms with E-state index >= 15 is 0 Å². The Morgan fingerprint density at radius 1 is 1.00 bits per heavy atom. The Morgan fingerprint density at radius 2 is 1.70 bits per heavy atom. The fraction of sp³-hybridized carbons (Fsp3) is 0.300. The minimum Gasteiger partial charge on any atom is -0.497 e. The molecular formula is C30H34BClN6O5. The summed E-state index contributed by atoms with van der Waals surface area (Å²) in [5.74, 6) is 0.303. The first kappa shape index (κ1) is 30.5. The molecule has 6 N–H and O–H groups in total. The average molecular weight is 605 g/mol. The molecule has 0 aromatic heterocycles. The number of carbonyl (C=O) groups is 2. The summed E-state index contributed by atoms with van der Waals surface area (Å²) < 4.78 is 5.53. The van der Waals surface area contributed by atoms with Gasteiger partial charge in [-0.15, -0.1) is 0 Å². The van der Waals surface area contributed by atoms with Gasteiger partial charge in [-0.2, -0.15) is 0 Å². The number of amides is 2. The Labute approximate surface area is 255 Å². The molecule has 0 bridgehead atoms. The lowest BCUT2D eigenvalue weighted by atomic mass is 9.80. The Balaban J connectivity index is 1.26. The van der Waals surface area contributed by atoms with E-state index in [0.717, 1.165) is 28.1 Å². The smallest absolute Gasteiger partial charge is 0.488 e. The maximum atomic E-state index is 13.1. The van der Waals surface area contributed by atoms with E-state index < -0.39 is 13.2 Å². The molecule has 13 heteroatoms. The van der Waals surface area contributed by atoms with Crippen LogP contribution in [0.3, 0.4) is 0 Å². The van der Waals surface area contributed by atoms with E-state index in [1.54, 1.807) is 31.4 Å². The maximum absolute atomic E-state index is 13.1. The van der Waals surface area contributed by atoms with Crippen molar-refractivity contribution in [2.45, 2.75) is 38.1 Å². The molecular weight excluding hydrogens is 571 g/mol. The lowest BCUT2D eigenvalue weighted by Crippen LogP contribution is -2.48. The number of hydrazine groups is 1. The summed E-state index contributed by atoms with van der Waals surface area (Å²) in [6, 6.07) is 19.4. The number of aliphatic imine (C=N–C) groups is 1. The predicted molar refractivity (Wildman–Crippen MR) is 166 cm³/mol. The van der Waals surface area contributed by atoms with Crippen LogP contribution in [0.25, 0.3) is 0 Å². The Kier molecular flexibility index (Phi) is 9.64. The predicted octanol–water partition coefficient (Wildman–Crippen LogP) is 0.700. The summed E-state index contributed by atoms with van der Waals surface area (Å²) in [5, 5.41) is 24.7. The van der Waals surface area contributed by atoms with E-state index in [9.17, 15) is 19.6 Å². The Hall–Kier alpha value is -3.94. The van der Waals surface area contributed by atoms with Crippen LogP contribution in [0.5, 0.6) is 5.75 Å². The second-order valence-corrected chi connectivity index (χ2v) is 10.9. The van der Waals surface area contributed by atoms with E-state index in [-0.39, 0.29) is 50.1 Å². The fourth-order valence-corrected chi connectivity index (χ4v) is 5.43. The van der Waals surface area contributed by atoms with Crippen molar-refractivity contribution in [3.63, 3.8) is 0 Å². The Morgan fingerprint density at radius 3 is 2.37 bits per heavy atom. The normalized spacial score (nSPS) is 19.0. The van der Waals surface area contributed by atoms with Crippen molar-refractivity contribution in [1.82, 2.24) is 21.5 Å². The molecule has 1 fully saturated rings. The highest BCUT2D eigenvalue weighted by Gasteiger charge is 2.40. The van der Waals surface area contributed by atoms with Crippen LogP contribution in [0.15, 0.2) is 71.7 Å². The van der Waals surface area contributed by atoms with Crippen LogP contribution < -0.4 is 36.6 Å². The van der Waals surface area contributed by atoms with Crippen LogP contribution in [0.4, 0.5) is 5.69 Å². The van der Waals surface area contributed by atoms with Gasteiger partial charge in [-0.05, 0) is 48.3 Å². The largest absolute Gasteiger partial charge is 0.497 e. The van der Waals surface area contributed by atoms with Crippen molar-refractivity contribution in [3.05, 3.63) is 88.4 Å². The molecule has 2 heterocycles. The van der Waals surface area contributed by atoms with Crippen LogP contribution in [-0.2, 0) is 16.0 Å². The molecule has 2 aliphatic rings. The molecule has 3 aromatic rings. The number of rotatable bonds is 10. The molecule has 3 atom stereocenters. The van der Waals surface area contributed by atoms with E-state index in [1.807, 2.05) is 49.4 Å². The zero-order valence-electron chi connectivity index (χ0n) is 23.9. The van der Waals surface area contributed by atoms with E-state index in [4.69, 9.17) is 21.3 Å². The van der Waals surface area contributed by atoms with Gasteiger partial charge >= 0.3 is 7.12 Å². The molecule has 1 saturated heterocycles. The fourth-order valence-electron chi connectivity index (χ4n) is 5.31. The lowest BCUT2D eigenvalue weighted by Gasteiger charge is -2.31. The summed E-state index contributed by atoms with van der Waals surface area (Å²) in [4.78, 5) is 32.8. The Bertz CT molecular complexity index is 1490. The SMILES string of the molecule is COc1ccc2c(c1)C(c1ccc(Cl)cc1)=N[C@@H](CC(=O)NCCNC(=O)Cc1ccc(B(O)O)cc1)C1NNC(C)N21. The van der Waals surface area contributed by atoms with E-state index in [1.165, 1.54) is 0 Å². The number of nitrogens with zero attached hydrogens (tertiary/aromatic N) is 2. The number of benzene rings is 3. The first-order chi connectivity index (χ1) is 20.7. The molecule has 3 aromatic carbocycles. The number of fused-ring (bicyclic) bond motifs is 3. The third-order valence-corrected chi connectivity index (χ3v) is 7.73. The van der Waals surface area contributed by atoms with Crippen LogP contribution in [0, 0.1) is 0 Å². The molecule has 0 aliphatic carbocycles. The molecule has 5 rings (SSSR count). The summed E-state index contributed by atoms with van der Waals surface area (Å²) >= 11 is 6.18. The molecule has 0 spiro atoms. The molecule has 224 valence electrons. The van der Waals surface area contributed by atoms with Gasteiger partial charge < -0.3 is 30.3 Å². The number of hydrogen-bond acceptors (Lipinski definition) is 9. The first-order valence-electron chi connectivity index (χ1n) is 14.0. The average Bonchev–Trinajstić information content (AvgIpc) is 3.32. The quantitative estimate of drug-likeness (QED) is 0.146. The van der Waals surface area contributed by atoms with Gasteiger partial charge in [0.25, 0.3) is 0 Å². The van der Waals surface area contributed by atoms with Crippen molar-refractivity contribution in [3.8, 4) is 5.75 Å². The number of hydrogen-bond donors (Lipinski definition) is 6. The number of anilines is 1. The van der Waals surface area contributed by atoms with Crippen molar-refractivity contribution in [2.75, 3.05) is 25.1 Å². The molecule has 11 nitrogen and oxygen atoms in total. The number of ether oxygens (including phenoxy) is 1. The molecule has 43 heavy (non-hydrogen) atoms. The lowest BCUT2D eigenvalue weighted by molar-refractivity contribution is -0.122. The second-order valence-electron chi connectivity index (χ2n) is 10.4. The van der Waals surface area contributed by atoms with Crippen molar-refractivity contribution < 1.29 is 24.4 Å². The standard InChI is InChI=1S/C30H34BClN6O5/c1-18-36-37-30-25(17-28(40)34-14-13-33-27(39)15-19-3-7-21(8-4-19)31(41)42)35-29(20-5-9-22(32)10-6-20)24-16-23(43-2)11-12-26(24)38(18)30/h3-12,16,18,25,30,36-37,41-42H,13-15,17H2,1-2H3,(H,33,39)(H,34,40)/t18?,25-,30?/m0/s1. The summed E-state index contributed by atoms with van der Waals surface area (Å²) in [6.07, 6.45) is -0.111. The highest BCUT2D eigenvalue weighted by molar-refractivity contribution is 6.58. The van der Waals surface area contributed by atoms with Gasteiger partial charge in [-0.25, -0.2) is 10.9 Å². The summed E-state index contributed by atoms with van der Waals surface area (Å²) in [6.45, 7) is 2.56. The summed E-state index contributed by atoms with van der Waals surface area (Å²) in [7, 11) is 0.0731. The summed E-state index contributed by atoms with van der Waals surface area (Å²) in [5.41, 5.74) is 11.1. The number of halogens is 1. The van der Waals surface area contributed by atoms with Crippen molar-refractivity contribution in [1.29, 1.82) is 0 Å². The van der Waals surface area contributed by atoms with Crippen LogP contribution in [0.2, 0.25) is 5.02 Å². The van der Waals surface area contributed by atoms with Gasteiger partial charge in [0.2, 0.25) is 11.8 Å². The number of carbonyl (C=O) groups excluding carboxylic acids is 2. The van der Waals surface area contributed by atoms with Gasteiger partial charge in [-0.1, -0.05) is 48.0 Å². The molecule has 2 aliphatic heterocycles. The molecule has 0 radical (unpaired) electrons. The monoisotopic (exact) mass is 604 g/mol. The zero-order chi connectivity index (χ0) is 30.5. The minimum atomic E-state index is -1.55. The molecule has 2 unspecified atom stereocenters. The maximum Gasteiger partial charge on any atom is 0.488 e. The van der Waals surface area contributed by atoms with Gasteiger partial charge in [0.05, 0.1) is 37.9 Å². The second kappa shape index (κ2) is 13.6. The van der Waals surface area contributed by atoms with Gasteiger partial charge in [0, 0.05) is 34.9 Å². The minimum absolute atomic E-state index is 0.0670. The third-order valence-electron chi connectivity index (χ3n) is 7.48. The van der Waals surface area contributed by atoms with E-state index in [2.05, 4.69) is 26.4 Å². The van der Waals surface area contributed by atoms with Crippen LogP contribution in [0.1, 0.15) is 30.0 Å². The van der Waals surface area contributed by atoms with Gasteiger partial charge in [0.15, 0.2) is 0 Å². The van der Waals surface area contributed by atoms with E-state index in [0.29, 0.717) is 16.2 Å². The molecule has 0 saturated carbocycles. The van der Waals surface area contributed by atoms with Gasteiger partial charge in [-0.3, -0.25) is 14.6 Å².